The molecular weight excluding hydrogens is 346 g/mol. The summed E-state index contributed by atoms with van der Waals surface area (Å²) < 4.78 is 11.2. The van der Waals surface area contributed by atoms with E-state index in [1.807, 2.05) is 57.2 Å². The second kappa shape index (κ2) is 7.31. The average molecular weight is 369 g/mol. The fourth-order valence-electron chi connectivity index (χ4n) is 2.77. The first-order chi connectivity index (χ1) is 12.7. The second-order valence-corrected chi connectivity index (χ2v) is 7.54. The van der Waals surface area contributed by atoms with Crippen LogP contribution in [0, 0.1) is 0 Å². The number of hydrogen-bond acceptors (Lipinski definition) is 4. The molecule has 0 aromatic heterocycles. The molecule has 2 aromatic rings. The summed E-state index contributed by atoms with van der Waals surface area (Å²) in [4.78, 5) is 25.0. The van der Waals surface area contributed by atoms with Gasteiger partial charge in [-0.05, 0) is 50.1 Å². The lowest BCUT2D eigenvalue weighted by Crippen LogP contribution is -2.57. The van der Waals surface area contributed by atoms with Crippen LogP contribution in [0.1, 0.15) is 31.1 Å². The van der Waals surface area contributed by atoms with Crippen LogP contribution >= 0.6 is 0 Å². The summed E-state index contributed by atoms with van der Waals surface area (Å²) in [6.45, 7) is 6.28. The lowest BCUT2D eigenvalue weighted by Gasteiger charge is -2.39. The third kappa shape index (κ3) is 4.78. The van der Waals surface area contributed by atoms with Crippen molar-refractivity contribution < 1.29 is 24.2 Å². The molecule has 27 heavy (non-hydrogen) atoms. The minimum absolute atomic E-state index is 0.162. The Labute approximate surface area is 158 Å². The van der Waals surface area contributed by atoms with Gasteiger partial charge in [0.2, 0.25) is 0 Å². The Morgan fingerprint density at radius 1 is 1.04 bits per heavy atom. The monoisotopic (exact) mass is 369 g/mol. The van der Waals surface area contributed by atoms with Gasteiger partial charge in [0.1, 0.15) is 17.5 Å². The number of rotatable bonds is 4. The Kier molecular flexibility index (Phi) is 5.08. The van der Waals surface area contributed by atoms with Crippen molar-refractivity contribution in [3.63, 3.8) is 0 Å². The summed E-state index contributed by atoms with van der Waals surface area (Å²) in [6, 6.07) is 14.5. The highest BCUT2D eigenvalue weighted by atomic mass is 16.6. The lowest BCUT2D eigenvalue weighted by atomic mass is 10.0. The number of carboxylic acid groups (broad SMARTS) is 1. The Hall–Kier alpha value is -3.02. The molecule has 142 valence electrons. The number of nitrogens with zero attached hydrogens (tertiary/aromatic N) is 1. The van der Waals surface area contributed by atoms with E-state index in [9.17, 15) is 14.7 Å². The normalized spacial score (nSPS) is 14.4. The summed E-state index contributed by atoms with van der Waals surface area (Å²) in [6.07, 6.45) is -0.559. The van der Waals surface area contributed by atoms with Gasteiger partial charge in [-0.3, -0.25) is 0 Å². The van der Waals surface area contributed by atoms with Gasteiger partial charge in [0.25, 0.3) is 0 Å². The van der Waals surface area contributed by atoms with Crippen molar-refractivity contribution in [2.45, 2.75) is 32.5 Å². The van der Waals surface area contributed by atoms with E-state index in [0.29, 0.717) is 18.8 Å². The second-order valence-electron chi connectivity index (χ2n) is 7.54. The van der Waals surface area contributed by atoms with Gasteiger partial charge in [-0.1, -0.05) is 30.3 Å². The zero-order valence-electron chi connectivity index (χ0n) is 15.6. The summed E-state index contributed by atoms with van der Waals surface area (Å²) in [5, 5.41) is 9.38. The number of hydrogen-bond donors (Lipinski definition) is 1. The largest absolute Gasteiger partial charge is 0.487 e. The van der Waals surface area contributed by atoms with E-state index < -0.39 is 11.6 Å². The molecule has 0 bridgehead atoms. The van der Waals surface area contributed by atoms with Crippen molar-refractivity contribution >= 4 is 12.1 Å². The molecule has 0 aliphatic carbocycles. The number of carbonyl (C=O) groups is 2. The molecule has 0 saturated carbocycles. The highest BCUT2D eigenvalue weighted by Crippen LogP contribution is 2.28. The molecule has 6 heteroatoms. The maximum absolute atomic E-state index is 12.0. The summed E-state index contributed by atoms with van der Waals surface area (Å²) in [7, 11) is 0. The molecule has 6 nitrogen and oxygen atoms in total. The maximum Gasteiger partial charge on any atom is 0.410 e. The smallest absolute Gasteiger partial charge is 0.410 e. The van der Waals surface area contributed by atoms with Gasteiger partial charge in [0, 0.05) is 0 Å². The van der Waals surface area contributed by atoms with E-state index in [-0.39, 0.29) is 17.8 Å². The van der Waals surface area contributed by atoms with Crippen LogP contribution in [-0.2, 0) is 4.74 Å². The zero-order valence-corrected chi connectivity index (χ0v) is 15.6. The van der Waals surface area contributed by atoms with E-state index in [1.165, 1.54) is 6.07 Å². The van der Waals surface area contributed by atoms with E-state index in [0.717, 1.165) is 11.1 Å². The Morgan fingerprint density at radius 2 is 1.70 bits per heavy atom. The van der Waals surface area contributed by atoms with Crippen LogP contribution in [0.15, 0.2) is 48.5 Å². The molecule has 1 aliphatic rings. The number of aromatic carboxylic acids is 1. The average Bonchev–Trinajstić information content (AvgIpc) is 2.56. The number of carbonyl (C=O) groups excluding carboxylic acids is 1. The summed E-state index contributed by atoms with van der Waals surface area (Å²) in [5.74, 6) is -0.538. The predicted molar refractivity (Wildman–Crippen MR) is 101 cm³/mol. The highest BCUT2D eigenvalue weighted by Gasteiger charge is 2.35. The number of carboxylic acids is 1. The van der Waals surface area contributed by atoms with Gasteiger partial charge < -0.3 is 19.5 Å². The molecule has 0 atom stereocenters. The first-order valence-corrected chi connectivity index (χ1v) is 8.80. The molecular formula is C21H23NO5. The van der Waals surface area contributed by atoms with Crippen molar-refractivity contribution in [1.82, 2.24) is 4.90 Å². The molecule has 1 amide bonds. The van der Waals surface area contributed by atoms with Crippen molar-refractivity contribution in [3.05, 3.63) is 54.1 Å². The van der Waals surface area contributed by atoms with Gasteiger partial charge in [-0.15, -0.1) is 0 Å². The molecule has 1 heterocycles. The molecule has 1 N–H and O–H groups in total. The number of ether oxygens (including phenoxy) is 2. The molecule has 0 spiro atoms. The SMILES string of the molecule is CC(C)(C)OC(=O)N1CC(Oc2cc(C(=O)O)cc(-c3ccccc3)c2)C1. The Balaban J connectivity index is 1.70. The fourth-order valence-corrected chi connectivity index (χ4v) is 2.77. The number of amides is 1. The molecule has 0 radical (unpaired) electrons. The van der Waals surface area contributed by atoms with Gasteiger partial charge in [0.15, 0.2) is 0 Å². The predicted octanol–water partition coefficient (Wildman–Crippen LogP) is 4.05. The van der Waals surface area contributed by atoms with Crippen molar-refractivity contribution in [2.24, 2.45) is 0 Å². The fraction of sp³-hybridized carbons (Fsp3) is 0.333. The first kappa shape index (κ1) is 18.8. The van der Waals surface area contributed by atoms with Gasteiger partial charge in [-0.25, -0.2) is 9.59 Å². The lowest BCUT2D eigenvalue weighted by molar-refractivity contribution is -0.0221. The minimum Gasteiger partial charge on any atom is -0.487 e. The van der Waals surface area contributed by atoms with Crippen LogP contribution in [-0.4, -0.2) is 46.9 Å². The van der Waals surface area contributed by atoms with Crippen molar-refractivity contribution in [1.29, 1.82) is 0 Å². The number of likely N-dealkylation sites (tertiary alicyclic amines) is 1. The molecule has 1 aliphatic heterocycles. The summed E-state index contributed by atoms with van der Waals surface area (Å²) in [5.41, 5.74) is 1.31. The molecule has 2 aromatic carbocycles. The van der Waals surface area contributed by atoms with Crippen molar-refractivity contribution in [3.8, 4) is 16.9 Å². The van der Waals surface area contributed by atoms with Crippen LogP contribution in [0.2, 0.25) is 0 Å². The third-order valence-electron chi connectivity index (χ3n) is 4.06. The van der Waals surface area contributed by atoms with Crippen LogP contribution < -0.4 is 4.74 Å². The van der Waals surface area contributed by atoms with Crippen LogP contribution in [0.5, 0.6) is 5.75 Å². The Bertz CT molecular complexity index is 835. The quantitative estimate of drug-likeness (QED) is 0.880. The third-order valence-corrected chi connectivity index (χ3v) is 4.06. The zero-order chi connectivity index (χ0) is 19.6. The van der Waals surface area contributed by atoms with Gasteiger partial charge in [-0.2, -0.15) is 0 Å². The maximum atomic E-state index is 12.0. The van der Waals surface area contributed by atoms with E-state index in [4.69, 9.17) is 9.47 Å². The van der Waals surface area contributed by atoms with Crippen LogP contribution in [0.25, 0.3) is 11.1 Å². The molecule has 1 fully saturated rings. The van der Waals surface area contributed by atoms with E-state index in [2.05, 4.69) is 0 Å². The topological polar surface area (TPSA) is 76.1 Å². The van der Waals surface area contributed by atoms with E-state index >= 15 is 0 Å². The van der Waals surface area contributed by atoms with Gasteiger partial charge in [0.05, 0.1) is 18.7 Å². The molecule has 0 unspecified atom stereocenters. The number of benzene rings is 2. The highest BCUT2D eigenvalue weighted by molar-refractivity contribution is 5.90. The van der Waals surface area contributed by atoms with Crippen molar-refractivity contribution in [2.75, 3.05) is 13.1 Å². The van der Waals surface area contributed by atoms with Crippen LogP contribution in [0.4, 0.5) is 4.79 Å². The summed E-state index contributed by atoms with van der Waals surface area (Å²) >= 11 is 0. The Morgan fingerprint density at radius 3 is 2.30 bits per heavy atom. The minimum atomic E-state index is -1.01. The van der Waals surface area contributed by atoms with Crippen LogP contribution in [0.3, 0.4) is 0 Å². The molecule has 1 saturated heterocycles. The van der Waals surface area contributed by atoms with Gasteiger partial charge >= 0.3 is 12.1 Å². The standard InChI is InChI=1S/C21H23NO5/c1-21(2,3)27-20(25)22-12-18(13-22)26-17-10-15(9-16(11-17)19(23)24)14-7-5-4-6-8-14/h4-11,18H,12-13H2,1-3H3,(H,23,24). The van der Waals surface area contributed by atoms with E-state index in [1.54, 1.807) is 11.0 Å². The molecule has 3 rings (SSSR count). The first-order valence-electron chi connectivity index (χ1n) is 8.80.